The van der Waals surface area contributed by atoms with Gasteiger partial charge in [-0.15, -0.1) is 10.2 Å². The molecule has 118 valence electrons. The average Bonchev–Trinajstić information content (AvgIpc) is 2.86. The summed E-state index contributed by atoms with van der Waals surface area (Å²) in [4.78, 5) is 4.52. The van der Waals surface area contributed by atoms with Crippen molar-refractivity contribution in [3.63, 3.8) is 0 Å². The van der Waals surface area contributed by atoms with Crippen molar-refractivity contribution < 1.29 is 4.39 Å². The number of rotatable bonds is 3. The first-order valence-corrected chi connectivity index (χ1v) is 7.69. The molecule has 0 radical (unpaired) electrons. The molecule has 0 saturated carbocycles. The van der Waals surface area contributed by atoms with E-state index in [1.807, 2.05) is 26.8 Å². The van der Waals surface area contributed by atoms with Crippen LogP contribution in [0.4, 0.5) is 15.9 Å². The Labute approximate surface area is 138 Å². The van der Waals surface area contributed by atoms with E-state index in [0.29, 0.717) is 22.2 Å². The van der Waals surface area contributed by atoms with Crippen LogP contribution < -0.4 is 0 Å². The molecule has 0 amide bonds. The van der Waals surface area contributed by atoms with Gasteiger partial charge in [-0.1, -0.05) is 31.5 Å². The first kappa shape index (κ1) is 15.6. The minimum Gasteiger partial charge on any atom is -0.280 e. The third-order valence-electron chi connectivity index (χ3n) is 3.55. The lowest BCUT2D eigenvalue weighted by atomic mass is 10.1. The molecule has 0 N–H and O–H groups in total. The number of hydrogen-bond acceptors (Lipinski definition) is 3. The number of benzene rings is 1. The van der Waals surface area contributed by atoms with Crippen LogP contribution in [0.5, 0.6) is 0 Å². The number of imidazole rings is 1. The van der Waals surface area contributed by atoms with E-state index in [2.05, 4.69) is 15.2 Å². The van der Waals surface area contributed by atoms with Crippen molar-refractivity contribution in [2.75, 3.05) is 0 Å². The highest BCUT2D eigenvalue weighted by molar-refractivity contribution is 6.30. The fourth-order valence-electron chi connectivity index (χ4n) is 2.30. The predicted molar refractivity (Wildman–Crippen MR) is 89.6 cm³/mol. The number of pyridine rings is 1. The van der Waals surface area contributed by atoms with Gasteiger partial charge < -0.3 is 0 Å². The maximum absolute atomic E-state index is 13.6. The molecule has 6 heteroatoms. The minimum absolute atomic E-state index is 0.146. The smallest absolute Gasteiger partial charge is 0.183 e. The van der Waals surface area contributed by atoms with Gasteiger partial charge in [0.2, 0.25) is 0 Å². The molecule has 0 aliphatic heterocycles. The second-order valence-corrected chi connectivity index (χ2v) is 6.12. The zero-order chi connectivity index (χ0) is 16.6. The van der Waals surface area contributed by atoms with Crippen molar-refractivity contribution in [3.05, 3.63) is 58.6 Å². The Hall–Kier alpha value is -2.27. The summed E-state index contributed by atoms with van der Waals surface area (Å²) < 4.78 is 15.2. The number of aryl methyl sites for hydroxylation is 1. The molecule has 3 aromatic rings. The molecule has 3 rings (SSSR count). The van der Waals surface area contributed by atoms with E-state index in [1.165, 1.54) is 12.3 Å². The first-order valence-electron chi connectivity index (χ1n) is 7.31. The summed E-state index contributed by atoms with van der Waals surface area (Å²) in [5.74, 6) is 0.335. The number of nitrogens with zero attached hydrogens (tertiary/aromatic N) is 4. The molecule has 0 spiro atoms. The van der Waals surface area contributed by atoms with Crippen LogP contribution in [0.15, 0.2) is 46.8 Å². The largest absolute Gasteiger partial charge is 0.280 e. The van der Waals surface area contributed by atoms with Crippen molar-refractivity contribution in [1.82, 2.24) is 9.38 Å². The van der Waals surface area contributed by atoms with Crippen LogP contribution in [0.2, 0.25) is 5.02 Å². The molecule has 1 aromatic carbocycles. The van der Waals surface area contributed by atoms with Crippen LogP contribution in [0.25, 0.3) is 5.65 Å². The first-order chi connectivity index (χ1) is 11.0. The molecule has 0 unspecified atom stereocenters. The molecule has 0 atom stereocenters. The zero-order valence-corrected chi connectivity index (χ0v) is 13.8. The fraction of sp³-hybridized carbons (Fsp3) is 0.235. The van der Waals surface area contributed by atoms with Crippen molar-refractivity contribution in [1.29, 1.82) is 0 Å². The Morgan fingerprint density at radius 3 is 2.70 bits per heavy atom. The van der Waals surface area contributed by atoms with E-state index in [1.54, 1.807) is 22.6 Å². The molecule has 2 heterocycles. The van der Waals surface area contributed by atoms with E-state index in [-0.39, 0.29) is 11.7 Å². The maximum Gasteiger partial charge on any atom is 0.183 e. The van der Waals surface area contributed by atoms with Crippen molar-refractivity contribution in [2.24, 2.45) is 10.2 Å². The minimum atomic E-state index is -0.347. The molecule has 4 nitrogen and oxygen atoms in total. The molecule has 0 aliphatic carbocycles. The van der Waals surface area contributed by atoms with E-state index in [4.69, 9.17) is 11.6 Å². The lowest BCUT2D eigenvalue weighted by Gasteiger charge is -2.03. The van der Waals surface area contributed by atoms with Crippen molar-refractivity contribution >= 4 is 28.8 Å². The number of azo groups is 1. The van der Waals surface area contributed by atoms with Gasteiger partial charge in [-0.25, -0.2) is 9.37 Å². The highest BCUT2D eigenvalue weighted by Crippen LogP contribution is 2.31. The Bertz CT molecular complexity index is 899. The SMILES string of the molecule is Cc1ccc(Cl)cc1N=Nc1c(C(C)C)nc2ccc(F)cn12. The van der Waals surface area contributed by atoms with Gasteiger partial charge in [0.25, 0.3) is 0 Å². The van der Waals surface area contributed by atoms with Crippen molar-refractivity contribution in [2.45, 2.75) is 26.7 Å². The van der Waals surface area contributed by atoms with Gasteiger partial charge in [0.15, 0.2) is 5.82 Å². The van der Waals surface area contributed by atoms with Gasteiger partial charge in [0.05, 0.1) is 11.4 Å². The predicted octanol–water partition coefficient (Wildman–Crippen LogP) is 5.97. The van der Waals surface area contributed by atoms with Crippen LogP contribution in [0, 0.1) is 12.7 Å². The van der Waals surface area contributed by atoms with Crippen LogP contribution in [-0.4, -0.2) is 9.38 Å². The fourth-order valence-corrected chi connectivity index (χ4v) is 2.47. The lowest BCUT2D eigenvalue weighted by molar-refractivity contribution is 0.619. The molecular weight excluding hydrogens is 315 g/mol. The molecular formula is C17H16ClFN4. The average molecular weight is 331 g/mol. The van der Waals surface area contributed by atoms with Crippen LogP contribution in [0.3, 0.4) is 0 Å². The number of fused-ring (bicyclic) bond motifs is 1. The van der Waals surface area contributed by atoms with Crippen molar-refractivity contribution in [3.8, 4) is 0 Å². The number of halogens is 2. The van der Waals surface area contributed by atoms with Crippen LogP contribution >= 0.6 is 11.6 Å². The van der Waals surface area contributed by atoms with Gasteiger partial charge in [0.1, 0.15) is 11.5 Å². The Morgan fingerprint density at radius 2 is 1.96 bits per heavy atom. The zero-order valence-electron chi connectivity index (χ0n) is 13.1. The van der Waals surface area contributed by atoms with Crippen LogP contribution in [0.1, 0.15) is 31.0 Å². The summed E-state index contributed by atoms with van der Waals surface area (Å²) in [5.41, 5.74) is 3.06. The molecule has 2 aromatic heterocycles. The standard InChI is InChI=1S/C17H16ClFN4/c1-10(2)16-17(23-9-13(19)6-7-15(23)20-16)22-21-14-8-12(18)5-4-11(14)3/h4-10H,1-3H3. The molecule has 0 saturated heterocycles. The van der Waals surface area contributed by atoms with E-state index < -0.39 is 0 Å². The quantitative estimate of drug-likeness (QED) is 0.545. The Kier molecular flexibility index (Phi) is 4.13. The lowest BCUT2D eigenvalue weighted by Crippen LogP contribution is -1.88. The van der Waals surface area contributed by atoms with Gasteiger partial charge >= 0.3 is 0 Å². The highest BCUT2D eigenvalue weighted by atomic mass is 35.5. The molecule has 0 fully saturated rings. The Morgan fingerprint density at radius 1 is 1.17 bits per heavy atom. The van der Waals surface area contributed by atoms with Gasteiger partial charge in [-0.3, -0.25) is 4.40 Å². The van der Waals surface area contributed by atoms with E-state index >= 15 is 0 Å². The summed E-state index contributed by atoms with van der Waals surface area (Å²) in [5, 5.41) is 9.21. The van der Waals surface area contributed by atoms with Gasteiger partial charge in [-0.2, -0.15) is 0 Å². The summed E-state index contributed by atoms with van der Waals surface area (Å²) in [7, 11) is 0. The summed E-state index contributed by atoms with van der Waals surface area (Å²) in [6, 6.07) is 8.45. The topological polar surface area (TPSA) is 42.0 Å². The molecule has 0 aliphatic rings. The summed E-state index contributed by atoms with van der Waals surface area (Å²) in [6.07, 6.45) is 1.37. The third-order valence-corrected chi connectivity index (χ3v) is 3.79. The van der Waals surface area contributed by atoms with Gasteiger partial charge in [-0.05, 0) is 42.7 Å². The Balaban J connectivity index is 2.14. The van der Waals surface area contributed by atoms with E-state index in [0.717, 1.165) is 11.3 Å². The summed E-state index contributed by atoms with van der Waals surface area (Å²) in [6.45, 7) is 5.96. The second kappa shape index (κ2) is 6.08. The number of aromatic nitrogens is 2. The highest BCUT2D eigenvalue weighted by Gasteiger charge is 2.15. The normalized spacial score (nSPS) is 11.9. The van der Waals surface area contributed by atoms with Gasteiger partial charge in [0, 0.05) is 11.2 Å². The van der Waals surface area contributed by atoms with E-state index in [9.17, 15) is 4.39 Å². The monoisotopic (exact) mass is 330 g/mol. The molecule has 23 heavy (non-hydrogen) atoms. The van der Waals surface area contributed by atoms with Crippen LogP contribution in [-0.2, 0) is 0 Å². The maximum atomic E-state index is 13.6. The third kappa shape index (κ3) is 3.10. The second-order valence-electron chi connectivity index (χ2n) is 5.68. The molecule has 0 bridgehead atoms. The number of hydrogen-bond donors (Lipinski definition) is 0. The summed E-state index contributed by atoms with van der Waals surface area (Å²) >= 11 is 6.01.